The van der Waals surface area contributed by atoms with E-state index in [2.05, 4.69) is 4.90 Å². The van der Waals surface area contributed by atoms with Gasteiger partial charge in [-0.3, -0.25) is 9.69 Å². The van der Waals surface area contributed by atoms with Gasteiger partial charge < -0.3 is 5.73 Å². The van der Waals surface area contributed by atoms with E-state index < -0.39 is 0 Å². The van der Waals surface area contributed by atoms with Gasteiger partial charge in [-0.2, -0.15) is 0 Å². The molecule has 11 heavy (non-hydrogen) atoms. The van der Waals surface area contributed by atoms with Gasteiger partial charge in [0.15, 0.2) is 5.78 Å². The molecule has 0 radical (unpaired) electrons. The first kappa shape index (κ1) is 8.68. The Hall–Kier alpha value is -0.410. The maximum atomic E-state index is 11.2. The van der Waals surface area contributed by atoms with Gasteiger partial charge in [-0.15, -0.1) is 0 Å². The monoisotopic (exact) mass is 156 g/mol. The molecule has 0 saturated carbocycles. The molecule has 0 aromatic rings. The van der Waals surface area contributed by atoms with Crippen molar-refractivity contribution in [3.8, 4) is 0 Å². The Morgan fingerprint density at radius 2 is 2.36 bits per heavy atom. The quantitative estimate of drug-likeness (QED) is 0.612. The zero-order chi connectivity index (χ0) is 8.27. The van der Waals surface area contributed by atoms with E-state index in [0.717, 1.165) is 13.0 Å². The maximum absolute atomic E-state index is 11.2. The van der Waals surface area contributed by atoms with Crippen molar-refractivity contribution in [2.24, 2.45) is 5.73 Å². The molecule has 0 spiro atoms. The molecule has 1 fully saturated rings. The van der Waals surface area contributed by atoms with Gasteiger partial charge in [0.1, 0.15) is 0 Å². The number of nitrogens with zero attached hydrogens (tertiary/aromatic N) is 1. The summed E-state index contributed by atoms with van der Waals surface area (Å²) in [6.07, 6.45) is 3.37. The Morgan fingerprint density at radius 1 is 1.64 bits per heavy atom. The van der Waals surface area contributed by atoms with E-state index in [1.807, 2.05) is 7.05 Å². The molecule has 1 aliphatic rings. The fraction of sp³-hybridized carbons (Fsp3) is 0.875. The molecule has 0 bridgehead atoms. The summed E-state index contributed by atoms with van der Waals surface area (Å²) >= 11 is 0. The minimum atomic E-state index is 0.105. The minimum Gasteiger partial charge on any atom is -0.324 e. The molecule has 1 rings (SSSR count). The van der Waals surface area contributed by atoms with E-state index in [1.165, 1.54) is 12.8 Å². The average molecular weight is 156 g/mol. The van der Waals surface area contributed by atoms with Gasteiger partial charge in [-0.05, 0) is 26.4 Å². The Kier molecular flexibility index (Phi) is 3.02. The van der Waals surface area contributed by atoms with Crippen molar-refractivity contribution in [1.82, 2.24) is 4.90 Å². The van der Waals surface area contributed by atoms with Crippen molar-refractivity contribution < 1.29 is 4.79 Å². The SMILES string of the molecule is CN1CCCC[C@H]1C(=O)CN. The summed E-state index contributed by atoms with van der Waals surface area (Å²) < 4.78 is 0. The molecule has 1 aliphatic heterocycles. The van der Waals surface area contributed by atoms with Gasteiger partial charge in [0.2, 0.25) is 0 Å². The van der Waals surface area contributed by atoms with Crippen molar-refractivity contribution in [1.29, 1.82) is 0 Å². The van der Waals surface area contributed by atoms with Crippen LogP contribution in [-0.2, 0) is 4.79 Å². The molecular weight excluding hydrogens is 140 g/mol. The lowest BCUT2D eigenvalue weighted by Crippen LogP contribution is -2.44. The highest BCUT2D eigenvalue weighted by molar-refractivity contribution is 5.85. The number of likely N-dealkylation sites (N-methyl/N-ethyl adjacent to an activating group) is 1. The Morgan fingerprint density at radius 3 is 2.91 bits per heavy atom. The Bertz CT molecular complexity index is 147. The lowest BCUT2D eigenvalue weighted by Gasteiger charge is -2.30. The van der Waals surface area contributed by atoms with Crippen LogP contribution in [0.1, 0.15) is 19.3 Å². The summed E-state index contributed by atoms with van der Waals surface area (Å²) in [6, 6.07) is 0.105. The third-order valence-corrected chi connectivity index (χ3v) is 2.34. The molecule has 0 amide bonds. The molecule has 2 N–H and O–H groups in total. The van der Waals surface area contributed by atoms with Crippen LogP contribution in [0.2, 0.25) is 0 Å². The number of Topliss-reactive ketones (excluding diaryl/α,β-unsaturated/α-hetero) is 1. The van der Waals surface area contributed by atoms with Crippen LogP contribution >= 0.6 is 0 Å². The number of ketones is 1. The molecule has 1 saturated heterocycles. The van der Waals surface area contributed by atoms with Crippen molar-refractivity contribution in [2.45, 2.75) is 25.3 Å². The number of piperidine rings is 1. The number of carbonyl (C=O) groups is 1. The van der Waals surface area contributed by atoms with Crippen LogP contribution in [0.15, 0.2) is 0 Å². The average Bonchev–Trinajstić information content (AvgIpc) is 2.04. The number of rotatable bonds is 2. The highest BCUT2D eigenvalue weighted by atomic mass is 16.1. The fourth-order valence-electron chi connectivity index (χ4n) is 1.62. The Labute approximate surface area is 67.5 Å². The zero-order valence-corrected chi connectivity index (χ0v) is 7.05. The largest absolute Gasteiger partial charge is 0.324 e. The van der Waals surface area contributed by atoms with E-state index in [4.69, 9.17) is 5.73 Å². The smallest absolute Gasteiger partial charge is 0.163 e. The van der Waals surface area contributed by atoms with Crippen LogP contribution in [0.25, 0.3) is 0 Å². The van der Waals surface area contributed by atoms with Crippen LogP contribution in [0, 0.1) is 0 Å². The topological polar surface area (TPSA) is 46.3 Å². The van der Waals surface area contributed by atoms with E-state index in [-0.39, 0.29) is 18.4 Å². The summed E-state index contributed by atoms with van der Waals surface area (Å²) in [6.45, 7) is 1.23. The van der Waals surface area contributed by atoms with Crippen molar-refractivity contribution >= 4 is 5.78 Å². The summed E-state index contributed by atoms with van der Waals surface area (Å²) in [7, 11) is 2.00. The van der Waals surface area contributed by atoms with E-state index in [0.29, 0.717) is 0 Å². The van der Waals surface area contributed by atoms with Crippen molar-refractivity contribution in [2.75, 3.05) is 20.1 Å². The normalized spacial score (nSPS) is 26.9. The summed E-state index contributed by atoms with van der Waals surface area (Å²) in [5.41, 5.74) is 5.29. The minimum absolute atomic E-state index is 0.105. The number of hydrogen-bond donors (Lipinski definition) is 1. The molecule has 0 aliphatic carbocycles. The highest BCUT2D eigenvalue weighted by Gasteiger charge is 2.23. The number of hydrogen-bond acceptors (Lipinski definition) is 3. The third kappa shape index (κ3) is 2.01. The zero-order valence-electron chi connectivity index (χ0n) is 7.05. The van der Waals surface area contributed by atoms with Crippen molar-refractivity contribution in [3.63, 3.8) is 0 Å². The lowest BCUT2D eigenvalue weighted by atomic mass is 9.99. The highest BCUT2D eigenvalue weighted by Crippen LogP contribution is 2.14. The fourth-order valence-corrected chi connectivity index (χ4v) is 1.62. The van der Waals surface area contributed by atoms with Crippen LogP contribution < -0.4 is 5.73 Å². The standard InChI is InChI=1S/C8H16N2O/c1-10-5-3-2-4-7(10)8(11)6-9/h7H,2-6,9H2,1H3/t7-/m0/s1. The van der Waals surface area contributed by atoms with E-state index in [9.17, 15) is 4.79 Å². The number of carbonyl (C=O) groups excluding carboxylic acids is 1. The lowest BCUT2D eigenvalue weighted by molar-refractivity contribution is -0.123. The van der Waals surface area contributed by atoms with Gasteiger partial charge in [0.05, 0.1) is 12.6 Å². The third-order valence-electron chi connectivity index (χ3n) is 2.34. The molecule has 3 nitrogen and oxygen atoms in total. The predicted molar refractivity (Wildman–Crippen MR) is 44.3 cm³/mol. The molecule has 64 valence electrons. The second kappa shape index (κ2) is 3.83. The summed E-state index contributed by atoms with van der Waals surface area (Å²) in [5, 5.41) is 0. The molecule has 3 heteroatoms. The first-order valence-electron chi connectivity index (χ1n) is 4.18. The summed E-state index contributed by atoms with van der Waals surface area (Å²) in [4.78, 5) is 13.3. The van der Waals surface area contributed by atoms with Gasteiger partial charge in [0.25, 0.3) is 0 Å². The molecule has 1 heterocycles. The van der Waals surface area contributed by atoms with Gasteiger partial charge in [-0.1, -0.05) is 6.42 Å². The predicted octanol–water partition coefficient (Wildman–Crippen LogP) is -0.00150. The molecule has 0 aromatic carbocycles. The van der Waals surface area contributed by atoms with Crippen LogP contribution in [0.3, 0.4) is 0 Å². The van der Waals surface area contributed by atoms with Crippen LogP contribution in [0.4, 0.5) is 0 Å². The van der Waals surface area contributed by atoms with Gasteiger partial charge in [-0.25, -0.2) is 0 Å². The molecular formula is C8H16N2O. The molecule has 0 unspecified atom stereocenters. The Balaban J connectivity index is 2.47. The second-order valence-corrected chi connectivity index (χ2v) is 3.16. The second-order valence-electron chi connectivity index (χ2n) is 3.16. The van der Waals surface area contributed by atoms with Crippen LogP contribution in [0.5, 0.6) is 0 Å². The van der Waals surface area contributed by atoms with E-state index >= 15 is 0 Å². The van der Waals surface area contributed by atoms with Crippen molar-refractivity contribution in [3.05, 3.63) is 0 Å². The number of likely N-dealkylation sites (tertiary alicyclic amines) is 1. The number of nitrogens with two attached hydrogens (primary N) is 1. The first-order valence-corrected chi connectivity index (χ1v) is 4.18. The van der Waals surface area contributed by atoms with Gasteiger partial charge in [0, 0.05) is 0 Å². The van der Waals surface area contributed by atoms with Gasteiger partial charge >= 0.3 is 0 Å². The summed E-state index contributed by atoms with van der Waals surface area (Å²) in [5.74, 6) is 0.187. The molecule has 1 atom stereocenters. The molecule has 0 aromatic heterocycles. The van der Waals surface area contributed by atoms with E-state index in [1.54, 1.807) is 0 Å². The maximum Gasteiger partial charge on any atom is 0.163 e. The van der Waals surface area contributed by atoms with Crippen LogP contribution in [-0.4, -0.2) is 36.9 Å². The first-order chi connectivity index (χ1) is 5.25.